The number of nitrogens with one attached hydrogen (secondary N) is 2. The third-order valence-corrected chi connectivity index (χ3v) is 4.97. The Bertz CT molecular complexity index is 822. The summed E-state index contributed by atoms with van der Waals surface area (Å²) >= 11 is 0. The van der Waals surface area contributed by atoms with Gasteiger partial charge in [0.25, 0.3) is 0 Å². The van der Waals surface area contributed by atoms with Crippen molar-refractivity contribution in [2.24, 2.45) is 11.8 Å². The SMILES string of the molecule is Cc1ccc(NC(=O)C2CC2C(=O)Nc2c(C)cccc2C)cc1C. The van der Waals surface area contributed by atoms with Crippen LogP contribution in [-0.2, 0) is 9.59 Å². The molecule has 0 bridgehead atoms. The van der Waals surface area contributed by atoms with E-state index in [0.717, 1.165) is 28.1 Å². The molecule has 2 amide bonds. The van der Waals surface area contributed by atoms with E-state index >= 15 is 0 Å². The van der Waals surface area contributed by atoms with Crippen LogP contribution in [0.15, 0.2) is 36.4 Å². The van der Waals surface area contributed by atoms with Crippen LogP contribution in [0.4, 0.5) is 11.4 Å². The number of anilines is 2. The van der Waals surface area contributed by atoms with Gasteiger partial charge in [0.05, 0.1) is 11.8 Å². The summed E-state index contributed by atoms with van der Waals surface area (Å²) in [6.07, 6.45) is 0.605. The Balaban J connectivity index is 1.60. The van der Waals surface area contributed by atoms with Crippen molar-refractivity contribution in [3.63, 3.8) is 0 Å². The monoisotopic (exact) mass is 336 g/mol. The van der Waals surface area contributed by atoms with E-state index in [1.54, 1.807) is 0 Å². The lowest BCUT2D eigenvalue weighted by atomic mass is 10.1. The van der Waals surface area contributed by atoms with Gasteiger partial charge in [-0.05, 0) is 68.5 Å². The third-order valence-electron chi connectivity index (χ3n) is 4.97. The normalized spacial score (nSPS) is 18.6. The number of carbonyl (C=O) groups is 2. The molecule has 4 nitrogen and oxygen atoms in total. The van der Waals surface area contributed by atoms with Crippen LogP contribution in [0.5, 0.6) is 0 Å². The van der Waals surface area contributed by atoms with Gasteiger partial charge in [0.1, 0.15) is 0 Å². The molecule has 1 fully saturated rings. The van der Waals surface area contributed by atoms with Crippen molar-refractivity contribution in [1.29, 1.82) is 0 Å². The number of carbonyl (C=O) groups excluding carboxylic acids is 2. The maximum Gasteiger partial charge on any atom is 0.228 e. The zero-order valence-electron chi connectivity index (χ0n) is 15.1. The minimum absolute atomic E-state index is 0.0716. The molecule has 1 aliphatic carbocycles. The Hall–Kier alpha value is -2.62. The molecule has 130 valence electrons. The maximum absolute atomic E-state index is 12.5. The minimum Gasteiger partial charge on any atom is -0.326 e. The lowest BCUT2D eigenvalue weighted by Gasteiger charge is -2.11. The van der Waals surface area contributed by atoms with Crippen molar-refractivity contribution in [2.75, 3.05) is 10.6 Å². The van der Waals surface area contributed by atoms with Gasteiger partial charge in [0, 0.05) is 11.4 Å². The Morgan fingerprint density at radius 3 is 2.00 bits per heavy atom. The van der Waals surface area contributed by atoms with Gasteiger partial charge < -0.3 is 10.6 Å². The second kappa shape index (κ2) is 6.71. The number of amides is 2. The molecule has 2 aromatic carbocycles. The Labute approximate surface area is 148 Å². The van der Waals surface area contributed by atoms with Gasteiger partial charge in [-0.25, -0.2) is 0 Å². The van der Waals surface area contributed by atoms with E-state index in [-0.39, 0.29) is 23.7 Å². The van der Waals surface area contributed by atoms with Gasteiger partial charge in [0.2, 0.25) is 11.8 Å². The van der Waals surface area contributed by atoms with Crippen molar-refractivity contribution >= 4 is 23.2 Å². The predicted octanol–water partition coefficient (Wildman–Crippen LogP) is 4.13. The van der Waals surface area contributed by atoms with E-state index in [1.807, 2.05) is 64.1 Å². The standard InChI is InChI=1S/C21H24N2O2/c1-12-8-9-16(10-15(12)4)22-20(24)17-11-18(17)21(25)23-19-13(2)6-5-7-14(19)3/h5-10,17-18H,11H2,1-4H3,(H,22,24)(H,23,25). The van der Waals surface area contributed by atoms with E-state index in [4.69, 9.17) is 0 Å². The summed E-state index contributed by atoms with van der Waals surface area (Å²) in [7, 11) is 0. The highest BCUT2D eigenvalue weighted by Crippen LogP contribution is 2.40. The fourth-order valence-electron chi connectivity index (χ4n) is 3.06. The molecule has 2 atom stereocenters. The summed E-state index contributed by atoms with van der Waals surface area (Å²) < 4.78 is 0. The van der Waals surface area contributed by atoms with E-state index in [2.05, 4.69) is 10.6 Å². The van der Waals surface area contributed by atoms with Crippen LogP contribution in [0.3, 0.4) is 0 Å². The number of hydrogen-bond acceptors (Lipinski definition) is 2. The topological polar surface area (TPSA) is 58.2 Å². The number of rotatable bonds is 4. The molecule has 4 heteroatoms. The average molecular weight is 336 g/mol. The molecule has 2 unspecified atom stereocenters. The largest absolute Gasteiger partial charge is 0.326 e. The second-order valence-corrected chi connectivity index (χ2v) is 6.99. The van der Waals surface area contributed by atoms with Crippen LogP contribution in [0, 0.1) is 39.5 Å². The molecule has 0 aromatic heterocycles. The highest BCUT2D eigenvalue weighted by Gasteiger charge is 2.48. The predicted molar refractivity (Wildman–Crippen MR) is 101 cm³/mol. The molecule has 0 saturated heterocycles. The number of hydrogen-bond donors (Lipinski definition) is 2. The molecule has 2 N–H and O–H groups in total. The van der Waals surface area contributed by atoms with E-state index < -0.39 is 0 Å². The van der Waals surface area contributed by atoms with Crippen molar-refractivity contribution in [2.45, 2.75) is 34.1 Å². The summed E-state index contributed by atoms with van der Waals surface area (Å²) in [5.41, 5.74) is 6.03. The first kappa shape index (κ1) is 17.2. The third kappa shape index (κ3) is 3.73. The molecule has 0 heterocycles. The van der Waals surface area contributed by atoms with Crippen LogP contribution in [-0.4, -0.2) is 11.8 Å². The zero-order chi connectivity index (χ0) is 18.1. The quantitative estimate of drug-likeness (QED) is 0.882. The first-order chi connectivity index (χ1) is 11.9. The van der Waals surface area contributed by atoms with Crippen molar-refractivity contribution in [1.82, 2.24) is 0 Å². The zero-order valence-corrected chi connectivity index (χ0v) is 15.1. The fraction of sp³-hybridized carbons (Fsp3) is 0.333. The van der Waals surface area contributed by atoms with Crippen LogP contribution in [0.2, 0.25) is 0 Å². The van der Waals surface area contributed by atoms with Gasteiger partial charge in [-0.1, -0.05) is 24.3 Å². The smallest absolute Gasteiger partial charge is 0.228 e. The summed E-state index contributed by atoms with van der Waals surface area (Å²) in [5, 5.41) is 5.91. The molecular weight excluding hydrogens is 312 g/mol. The number of benzene rings is 2. The van der Waals surface area contributed by atoms with Gasteiger partial charge in [-0.15, -0.1) is 0 Å². The lowest BCUT2D eigenvalue weighted by Crippen LogP contribution is -2.21. The van der Waals surface area contributed by atoms with Crippen molar-refractivity contribution in [3.05, 3.63) is 58.7 Å². The molecule has 1 saturated carbocycles. The van der Waals surface area contributed by atoms with Crippen LogP contribution >= 0.6 is 0 Å². The molecule has 1 aliphatic rings. The highest BCUT2D eigenvalue weighted by atomic mass is 16.2. The second-order valence-electron chi connectivity index (χ2n) is 6.99. The van der Waals surface area contributed by atoms with E-state index in [0.29, 0.717) is 6.42 Å². The van der Waals surface area contributed by atoms with Crippen LogP contribution in [0.25, 0.3) is 0 Å². The summed E-state index contributed by atoms with van der Waals surface area (Å²) in [6.45, 7) is 8.00. The Morgan fingerprint density at radius 1 is 0.800 bits per heavy atom. The summed E-state index contributed by atoms with van der Waals surface area (Å²) in [4.78, 5) is 24.8. The Kier molecular flexibility index (Phi) is 4.62. The molecule has 0 aliphatic heterocycles. The molecule has 3 rings (SSSR count). The maximum atomic E-state index is 12.5. The number of aryl methyl sites for hydroxylation is 4. The molecule has 2 aromatic rings. The van der Waals surface area contributed by atoms with Gasteiger partial charge in [-0.3, -0.25) is 9.59 Å². The van der Waals surface area contributed by atoms with Crippen molar-refractivity contribution in [3.8, 4) is 0 Å². The molecule has 0 radical (unpaired) electrons. The summed E-state index contributed by atoms with van der Waals surface area (Å²) in [6, 6.07) is 11.8. The average Bonchev–Trinajstić information content (AvgIpc) is 3.35. The Morgan fingerprint density at radius 2 is 1.40 bits per heavy atom. The fourth-order valence-corrected chi connectivity index (χ4v) is 3.06. The molecule has 0 spiro atoms. The van der Waals surface area contributed by atoms with E-state index in [9.17, 15) is 9.59 Å². The highest BCUT2D eigenvalue weighted by molar-refractivity contribution is 6.03. The van der Waals surface area contributed by atoms with Crippen molar-refractivity contribution < 1.29 is 9.59 Å². The van der Waals surface area contributed by atoms with E-state index in [1.165, 1.54) is 5.56 Å². The first-order valence-electron chi connectivity index (χ1n) is 8.62. The van der Waals surface area contributed by atoms with Crippen LogP contribution < -0.4 is 10.6 Å². The first-order valence-corrected chi connectivity index (χ1v) is 8.62. The van der Waals surface area contributed by atoms with Crippen LogP contribution in [0.1, 0.15) is 28.7 Å². The minimum atomic E-state index is -0.245. The van der Waals surface area contributed by atoms with Gasteiger partial charge >= 0.3 is 0 Å². The molecule has 25 heavy (non-hydrogen) atoms. The lowest BCUT2D eigenvalue weighted by molar-refractivity contribution is -0.122. The molecular formula is C21H24N2O2. The summed E-state index contributed by atoms with van der Waals surface area (Å²) in [5.74, 6) is -0.640. The van der Waals surface area contributed by atoms with Gasteiger partial charge in [-0.2, -0.15) is 0 Å². The van der Waals surface area contributed by atoms with Gasteiger partial charge in [0.15, 0.2) is 0 Å². The number of para-hydroxylation sites is 1.